The Bertz CT molecular complexity index is 1090. The molecule has 36 heavy (non-hydrogen) atoms. The van der Waals surface area contributed by atoms with Gasteiger partial charge in [0.15, 0.2) is 33.0 Å². The Labute approximate surface area is 203 Å². The van der Waals surface area contributed by atoms with Crippen molar-refractivity contribution in [3.05, 3.63) is 12.7 Å². The summed E-state index contributed by atoms with van der Waals surface area (Å²) in [5.41, 5.74) is 6.28. The minimum absolute atomic E-state index is 0.115. The number of aromatic nitrogens is 4. The van der Waals surface area contributed by atoms with E-state index in [4.69, 9.17) is 24.8 Å². The number of nitrogens with zero attached hydrogens (tertiary/aromatic N) is 4. The van der Waals surface area contributed by atoms with Crippen molar-refractivity contribution in [1.82, 2.24) is 19.5 Å². The number of anilines is 1. The van der Waals surface area contributed by atoms with Crippen LogP contribution in [0.1, 0.15) is 6.23 Å². The Hall–Kier alpha value is -1.47. The molecule has 2 fully saturated rings. The van der Waals surface area contributed by atoms with Gasteiger partial charge in [0.05, 0.1) is 19.5 Å². The number of rotatable bonds is 9. The predicted octanol–water partition coefficient (Wildman–Crippen LogP) is -3.51. The number of hydrogen-bond acceptors (Lipinski definition) is 16. The molecule has 0 bridgehead atoms. The molecular weight excluding hydrogens is 532 g/mol. The standard InChI is InChI=1S/C16H25N5O13P2/c17-13-7-14(19-3-18-13)21(4-20-7)15-11(26)9(24)6(31-15)2-30-35-34-36(28,29)33-16-12(27)10(25)8(23)5(1-22)32-16/h3-6,8-12,15-16,22-27,35H,1-2H2,(H,28,29)(H2,17,18,19)/t5?,6-,8-,9+,10-,11?,12?,15-,16-/m1/s1. The van der Waals surface area contributed by atoms with Crippen LogP contribution in [0.15, 0.2) is 12.7 Å². The lowest BCUT2D eigenvalue weighted by molar-refractivity contribution is -0.280. The molecule has 2 aromatic rings. The normalized spacial score (nSPS) is 37.1. The van der Waals surface area contributed by atoms with Crippen LogP contribution in [0.4, 0.5) is 5.82 Å². The number of phosphoric acid groups is 1. The molecule has 9 N–H and O–H groups in total. The van der Waals surface area contributed by atoms with Crippen molar-refractivity contribution in [3.8, 4) is 0 Å². The predicted molar refractivity (Wildman–Crippen MR) is 116 cm³/mol. The summed E-state index contributed by atoms with van der Waals surface area (Å²) in [6.07, 6.45) is -11.2. The van der Waals surface area contributed by atoms with E-state index >= 15 is 0 Å². The molecule has 0 radical (unpaired) electrons. The molecule has 0 amide bonds. The number of aliphatic hydroxyl groups is 6. The number of hydrogen-bond donors (Lipinski definition) is 8. The average Bonchev–Trinajstić information content (AvgIpc) is 3.39. The van der Waals surface area contributed by atoms with Gasteiger partial charge in [-0.05, 0) is 0 Å². The Kier molecular flexibility index (Phi) is 8.50. The highest BCUT2D eigenvalue weighted by Gasteiger charge is 2.47. The topological polar surface area (TPSA) is 274 Å². The Morgan fingerprint density at radius 2 is 1.75 bits per heavy atom. The molecule has 5 unspecified atom stereocenters. The SMILES string of the molecule is Nc1ncnc2c1ncn2[C@@H]1O[C@H](COPOP(=O)(O)O[C@H]2OC(CO)[C@@H](O)[C@@H](O)C2O)[C@H](O)C1O. The number of nitrogen functional groups attached to an aromatic ring is 1. The lowest BCUT2D eigenvalue weighted by Crippen LogP contribution is -2.58. The first-order valence-electron chi connectivity index (χ1n) is 10.4. The summed E-state index contributed by atoms with van der Waals surface area (Å²) >= 11 is 0. The summed E-state index contributed by atoms with van der Waals surface area (Å²) in [4.78, 5) is 21.8. The maximum Gasteiger partial charge on any atom is 0.479 e. The fourth-order valence-electron chi connectivity index (χ4n) is 3.65. The number of ether oxygens (including phenoxy) is 2. The molecule has 0 aromatic carbocycles. The Morgan fingerprint density at radius 1 is 1.03 bits per heavy atom. The molecule has 0 aliphatic carbocycles. The quantitative estimate of drug-likeness (QED) is 0.110. The van der Waals surface area contributed by atoms with Crippen LogP contribution in [0, 0.1) is 0 Å². The van der Waals surface area contributed by atoms with Crippen LogP contribution >= 0.6 is 16.9 Å². The van der Waals surface area contributed by atoms with E-state index in [0.717, 1.165) is 0 Å². The number of imidazole rings is 1. The molecule has 2 aliphatic heterocycles. The third-order valence-electron chi connectivity index (χ3n) is 5.54. The van der Waals surface area contributed by atoms with Crippen molar-refractivity contribution < 1.29 is 62.9 Å². The van der Waals surface area contributed by atoms with Gasteiger partial charge in [0.25, 0.3) is 0 Å². The highest BCUT2D eigenvalue weighted by molar-refractivity contribution is 7.54. The van der Waals surface area contributed by atoms with Crippen LogP contribution in [-0.2, 0) is 27.4 Å². The first-order chi connectivity index (χ1) is 17.0. The molecule has 0 saturated carbocycles. The van der Waals surface area contributed by atoms with Crippen molar-refractivity contribution in [2.75, 3.05) is 18.9 Å². The van der Waals surface area contributed by atoms with Crippen LogP contribution in [0.5, 0.6) is 0 Å². The van der Waals surface area contributed by atoms with Gasteiger partial charge in [-0.3, -0.25) is 9.09 Å². The van der Waals surface area contributed by atoms with Crippen molar-refractivity contribution in [2.45, 2.75) is 55.2 Å². The van der Waals surface area contributed by atoms with E-state index < -0.39 is 78.7 Å². The summed E-state index contributed by atoms with van der Waals surface area (Å²) in [5.74, 6) is 0.115. The monoisotopic (exact) mass is 557 g/mol. The third-order valence-corrected chi connectivity index (χ3v) is 7.52. The zero-order valence-electron chi connectivity index (χ0n) is 18.2. The summed E-state index contributed by atoms with van der Waals surface area (Å²) in [7, 11) is -6.05. The van der Waals surface area contributed by atoms with Gasteiger partial charge in [0, 0.05) is 0 Å². The minimum Gasteiger partial charge on any atom is -0.394 e. The molecule has 2 saturated heterocycles. The molecule has 20 heteroatoms. The molecule has 11 atom stereocenters. The van der Waals surface area contributed by atoms with Crippen molar-refractivity contribution >= 4 is 33.8 Å². The molecule has 202 valence electrons. The molecule has 2 aliphatic rings. The zero-order valence-corrected chi connectivity index (χ0v) is 20.1. The van der Waals surface area contributed by atoms with Crippen molar-refractivity contribution in [1.29, 1.82) is 0 Å². The number of phosphoric ester groups is 1. The van der Waals surface area contributed by atoms with Crippen LogP contribution in [0.25, 0.3) is 11.2 Å². The zero-order chi connectivity index (χ0) is 26.2. The van der Waals surface area contributed by atoms with Gasteiger partial charge >= 0.3 is 7.82 Å². The van der Waals surface area contributed by atoms with Crippen LogP contribution < -0.4 is 5.73 Å². The summed E-state index contributed by atoms with van der Waals surface area (Å²) in [6, 6.07) is 0. The van der Waals surface area contributed by atoms with Crippen molar-refractivity contribution in [3.63, 3.8) is 0 Å². The second-order valence-electron chi connectivity index (χ2n) is 7.89. The third kappa shape index (κ3) is 5.52. The lowest BCUT2D eigenvalue weighted by atomic mass is 10.00. The van der Waals surface area contributed by atoms with Crippen LogP contribution in [0.2, 0.25) is 0 Å². The van der Waals surface area contributed by atoms with Gasteiger partial charge < -0.3 is 55.3 Å². The molecule has 4 rings (SSSR count). The van der Waals surface area contributed by atoms with Gasteiger partial charge in [0.1, 0.15) is 54.6 Å². The molecule has 4 heterocycles. The maximum absolute atomic E-state index is 12.2. The summed E-state index contributed by atoms with van der Waals surface area (Å²) in [6.45, 7) is -1.14. The van der Waals surface area contributed by atoms with E-state index in [1.807, 2.05) is 0 Å². The van der Waals surface area contributed by atoms with Crippen LogP contribution in [0.3, 0.4) is 0 Å². The smallest absolute Gasteiger partial charge is 0.394 e. The van der Waals surface area contributed by atoms with Gasteiger partial charge in [-0.1, -0.05) is 0 Å². The fraction of sp³-hybridized carbons (Fsp3) is 0.688. The van der Waals surface area contributed by atoms with E-state index in [0.29, 0.717) is 0 Å². The number of nitrogens with two attached hydrogens (primary N) is 1. The van der Waals surface area contributed by atoms with Gasteiger partial charge in [-0.15, -0.1) is 0 Å². The van der Waals surface area contributed by atoms with Crippen LogP contribution in [-0.4, -0.2) is 117 Å². The average molecular weight is 557 g/mol. The summed E-state index contributed by atoms with van der Waals surface area (Å²) in [5, 5.41) is 59.3. The molecular formula is C16H25N5O13P2. The minimum atomic E-state index is -4.92. The van der Waals surface area contributed by atoms with Gasteiger partial charge in [-0.25, -0.2) is 23.8 Å². The van der Waals surface area contributed by atoms with E-state index in [2.05, 4.69) is 23.8 Å². The lowest BCUT2D eigenvalue weighted by Gasteiger charge is -2.39. The van der Waals surface area contributed by atoms with Crippen molar-refractivity contribution in [2.24, 2.45) is 0 Å². The highest BCUT2D eigenvalue weighted by atomic mass is 31.2. The van der Waals surface area contributed by atoms with E-state index in [9.17, 15) is 35.0 Å². The molecule has 18 nitrogen and oxygen atoms in total. The van der Waals surface area contributed by atoms with E-state index in [-0.39, 0.29) is 23.6 Å². The second kappa shape index (κ2) is 11.1. The number of aliphatic hydroxyl groups excluding tert-OH is 6. The van der Waals surface area contributed by atoms with Gasteiger partial charge in [-0.2, -0.15) is 0 Å². The van der Waals surface area contributed by atoms with E-state index in [1.165, 1.54) is 17.2 Å². The fourth-order valence-corrected chi connectivity index (χ4v) is 5.08. The second-order valence-corrected chi connectivity index (χ2v) is 10.2. The highest BCUT2D eigenvalue weighted by Crippen LogP contribution is 2.52. The molecule has 0 spiro atoms. The first-order valence-corrected chi connectivity index (χ1v) is 12.7. The summed E-state index contributed by atoms with van der Waals surface area (Å²) < 4.78 is 38.6. The first kappa shape index (κ1) is 27.6. The Balaban J connectivity index is 1.29. The maximum atomic E-state index is 12.2. The Morgan fingerprint density at radius 3 is 2.47 bits per heavy atom. The van der Waals surface area contributed by atoms with E-state index in [1.54, 1.807) is 0 Å². The van der Waals surface area contributed by atoms with Gasteiger partial charge in [0.2, 0.25) is 0 Å². The molecule has 2 aromatic heterocycles. The largest absolute Gasteiger partial charge is 0.479 e. The number of fused-ring (bicyclic) bond motifs is 1.